The Morgan fingerprint density at radius 1 is 1.15 bits per heavy atom. The molecule has 2 aliphatic rings. The van der Waals surface area contributed by atoms with Gasteiger partial charge in [-0.1, -0.05) is 28.8 Å². The fourth-order valence-corrected chi connectivity index (χ4v) is 4.51. The van der Waals surface area contributed by atoms with Gasteiger partial charge in [0.15, 0.2) is 0 Å². The third kappa shape index (κ3) is 2.78. The zero-order valence-electron chi connectivity index (χ0n) is 12.1. The largest absolute Gasteiger partial charge is 0.335 e. The maximum Gasteiger partial charge on any atom is 0.254 e. The molecule has 1 aliphatic heterocycles. The summed E-state index contributed by atoms with van der Waals surface area (Å²) in [6.07, 6.45) is 7.61. The molecule has 1 aromatic carbocycles. The Morgan fingerprint density at radius 3 is 2.70 bits per heavy atom. The van der Waals surface area contributed by atoms with Crippen molar-refractivity contribution < 1.29 is 4.79 Å². The first-order valence-electron chi connectivity index (χ1n) is 7.73. The van der Waals surface area contributed by atoms with Crippen molar-refractivity contribution in [2.24, 2.45) is 5.92 Å². The highest BCUT2D eigenvalue weighted by Gasteiger charge is 2.35. The third-order valence-corrected chi connectivity index (χ3v) is 5.25. The number of carbonyl (C=O) groups is 1. The highest BCUT2D eigenvalue weighted by atomic mass is 79.9. The van der Waals surface area contributed by atoms with Gasteiger partial charge in [-0.3, -0.25) is 4.79 Å². The number of nitrogens with zero attached hydrogens (tertiary/aromatic N) is 1. The van der Waals surface area contributed by atoms with Gasteiger partial charge in [-0.2, -0.15) is 0 Å². The molecule has 0 bridgehead atoms. The van der Waals surface area contributed by atoms with Crippen molar-refractivity contribution in [1.82, 2.24) is 4.90 Å². The maximum atomic E-state index is 12.9. The highest BCUT2D eigenvalue weighted by molar-refractivity contribution is 9.10. The van der Waals surface area contributed by atoms with E-state index < -0.39 is 0 Å². The molecule has 1 saturated heterocycles. The van der Waals surface area contributed by atoms with Gasteiger partial charge in [-0.05, 0) is 62.3 Å². The lowest BCUT2D eigenvalue weighted by atomic mass is 9.78. The Bertz CT molecular complexity index is 491. The van der Waals surface area contributed by atoms with Crippen LogP contribution in [-0.4, -0.2) is 23.4 Å². The molecule has 2 fully saturated rings. The molecule has 0 aromatic heterocycles. The minimum atomic E-state index is 0.228. The van der Waals surface area contributed by atoms with Crippen LogP contribution in [0.4, 0.5) is 0 Å². The van der Waals surface area contributed by atoms with Crippen LogP contribution in [0.25, 0.3) is 0 Å². The number of hydrogen-bond donors (Lipinski definition) is 0. The first-order chi connectivity index (χ1) is 9.65. The molecule has 2 nitrogen and oxygen atoms in total. The van der Waals surface area contributed by atoms with Crippen LogP contribution in [0.3, 0.4) is 0 Å². The van der Waals surface area contributed by atoms with Gasteiger partial charge in [-0.15, -0.1) is 0 Å². The van der Waals surface area contributed by atoms with Crippen molar-refractivity contribution >= 4 is 21.8 Å². The Balaban J connectivity index is 1.84. The minimum absolute atomic E-state index is 0.228. The Kier molecular flexibility index (Phi) is 4.16. The molecular formula is C17H22BrNO. The number of hydrogen-bond acceptors (Lipinski definition) is 1. The molecule has 1 amide bonds. The van der Waals surface area contributed by atoms with E-state index in [4.69, 9.17) is 0 Å². The van der Waals surface area contributed by atoms with Crippen LogP contribution in [0.2, 0.25) is 0 Å². The lowest BCUT2D eigenvalue weighted by molar-refractivity contribution is 0.0390. The van der Waals surface area contributed by atoms with Gasteiger partial charge in [0.25, 0.3) is 5.91 Å². The highest BCUT2D eigenvalue weighted by Crippen LogP contribution is 2.36. The van der Waals surface area contributed by atoms with E-state index in [0.717, 1.165) is 28.1 Å². The van der Waals surface area contributed by atoms with Gasteiger partial charge >= 0.3 is 0 Å². The van der Waals surface area contributed by atoms with Gasteiger partial charge in [0.05, 0.1) is 0 Å². The summed E-state index contributed by atoms with van der Waals surface area (Å²) in [5, 5.41) is 0. The maximum absolute atomic E-state index is 12.9. The van der Waals surface area contributed by atoms with Gasteiger partial charge in [-0.25, -0.2) is 0 Å². The second kappa shape index (κ2) is 5.88. The number of aryl methyl sites for hydroxylation is 1. The van der Waals surface area contributed by atoms with Gasteiger partial charge in [0.2, 0.25) is 0 Å². The second-order valence-corrected chi connectivity index (χ2v) is 7.19. The number of amides is 1. The lowest BCUT2D eigenvalue weighted by Gasteiger charge is -2.44. The van der Waals surface area contributed by atoms with E-state index >= 15 is 0 Å². The van der Waals surface area contributed by atoms with Crippen LogP contribution >= 0.6 is 15.9 Å². The van der Waals surface area contributed by atoms with E-state index in [1.54, 1.807) is 0 Å². The van der Waals surface area contributed by atoms with E-state index in [2.05, 4.69) is 26.9 Å². The summed E-state index contributed by atoms with van der Waals surface area (Å²) >= 11 is 3.50. The summed E-state index contributed by atoms with van der Waals surface area (Å²) in [5.41, 5.74) is 1.98. The van der Waals surface area contributed by atoms with Crippen LogP contribution in [-0.2, 0) is 0 Å². The molecule has 0 N–H and O–H groups in total. The van der Waals surface area contributed by atoms with Crippen molar-refractivity contribution in [3.63, 3.8) is 0 Å². The fraction of sp³-hybridized carbons (Fsp3) is 0.588. The molecule has 2 atom stereocenters. The number of likely N-dealkylation sites (tertiary alicyclic amines) is 1. The summed E-state index contributed by atoms with van der Waals surface area (Å²) in [5.74, 6) is 0.973. The Morgan fingerprint density at radius 2 is 1.90 bits per heavy atom. The first-order valence-corrected chi connectivity index (χ1v) is 8.52. The average Bonchev–Trinajstić information content (AvgIpc) is 2.45. The van der Waals surface area contributed by atoms with Crippen LogP contribution < -0.4 is 0 Å². The molecule has 20 heavy (non-hydrogen) atoms. The number of rotatable bonds is 1. The monoisotopic (exact) mass is 335 g/mol. The second-order valence-electron chi connectivity index (χ2n) is 6.27. The lowest BCUT2D eigenvalue weighted by Crippen LogP contribution is -2.49. The number of carbonyl (C=O) groups excluding carboxylic acids is 1. The molecule has 108 valence electrons. The van der Waals surface area contributed by atoms with Crippen LogP contribution in [0.5, 0.6) is 0 Å². The molecule has 3 rings (SSSR count). The molecular weight excluding hydrogens is 314 g/mol. The summed E-state index contributed by atoms with van der Waals surface area (Å²) in [6.45, 7) is 2.98. The van der Waals surface area contributed by atoms with E-state index in [1.165, 1.54) is 38.5 Å². The molecule has 0 radical (unpaired) electrons. The van der Waals surface area contributed by atoms with E-state index in [0.29, 0.717) is 6.04 Å². The van der Waals surface area contributed by atoms with Crippen LogP contribution in [0, 0.1) is 12.8 Å². The average molecular weight is 336 g/mol. The number of piperidine rings is 1. The van der Waals surface area contributed by atoms with Crippen LogP contribution in [0.1, 0.15) is 54.4 Å². The smallest absolute Gasteiger partial charge is 0.254 e. The number of fused-ring (bicyclic) bond motifs is 1. The van der Waals surface area contributed by atoms with Gasteiger partial charge < -0.3 is 4.90 Å². The number of halogens is 1. The number of benzene rings is 1. The molecule has 1 aliphatic carbocycles. The van der Waals surface area contributed by atoms with Gasteiger partial charge in [0.1, 0.15) is 0 Å². The van der Waals surface area contributed by atoms with E-state index in [1.807, 2.05) is 19.1 Å². The summed E-state index contributed by atoms with van der Waals surface area (Å²) in [7, 11) is 0. The Labute approximate surface area is 129 Å². The first kappa shape index (κ1) is 14.1. The van der Waals surface area contributed by atoms with Crippen molar-refractivity contribution in [2.75, 3.05) is 6.54 Å². The Hall–Kier alpha value is -0.830. The van der Waals surface area contributed by atoms with Crippen molar-refractivity contribution in [1.29, 1.82) is 0 Å². The van der Waals surface area contributed by atoms with Crippen molar-refractivity contribution in [2.45, 2.75) is 51.5 Å². The standard InChI is InChI=1S/C17H22BrNO/c1-12-9-14(11-15(18)10-12)17(20)19-8-4-6-13-5-2-3-7-16(13)19/h9-11,13,16H,2-8H2,1H3/t13-,16-/m1/s1. The van der Waals surface area contributed by atoms with Crippen LogP contribution in [0.15, 0.2) is 22.7 Å². The predicted octanol–water partition coefficient (Wildman–Crippen LogP) is 4.55. The van der Waals surface area contributed by atoms with Gasteiger partial charge in [0, 0.05) is 22.6 Å². The fourth-order valence-electron chi connectivity index (χ4n) is 3.90. The van der Waals surface area contributed by atoms with Crippen molar-refractivity contribution in [3.05, 3.63) is 33.8 Å². The van der Waals surface area contributed by atoms with E-state index in [-0.39, 0.29) is 5.91 Å². The molecule has 1 saturated carbocycles. The zero-order chi connectivity index (χ0) is 14.1. The van der Waals surface area contributed by atoms with Crippen molar-refractivity contribution in [3.8, 4) is 0 Å². The summed E-state index contributed by atoms with van der Waals surface area (Å²) in [4.78, 5) is 15.0. The van der Waals surface area contributed by atoms with E-state index in [9.17, 15) is 4.79 Å². The predicted molar refractivity (Wildman–Crippen MR) is 84.9 cm³/mol. The minimum Gasteiger partial charge on any atom is -0.335 e. The third-order valence-electron chi connectivity index (χ3n) is 4.79. The molecule has 0 unspecified atom stereocenters. The zero-order valence-corrected chi connectivity index (χ0v) is 13.7. The molecule has 1 aromatic rings. The SMILES string of the molecule is Cc1cc(Br)cc(C(=O)N2CCC[C@H]3CCCC[C@H]32)c1. The topological polar surface area (TPSA) is 20.3 Å². The molecule has 3 heteroatoms. The molecule has 0 spiro atoms. The quantitative estimate of drug-likeness (QED) is 0.737. The molecule has 1 heterocycles. The normalized spacial score (nSPS) is 26.2. The summed E-state index contributed by atoms with van der Waals surface area (Å²) < 4.78 is 0.998. The summed E-state index contributed by atoms with van der Waals surface area (Å²) in [6, 6.07) is 6.52.